The molecule has 0 radical (unpaired) electrons. The first kappa shape index (κ1) is 12.9. The van der Waals surface area contributed by atoms with Crippen LogP contribution in [0.15, 0.2) is 0 Å². The van der Waals surface area contributed by atoms with Crippen molar-refractivity contribution in [2.45, 2.75) is 32.0 Å². The smallest absolute Gasteiger partial charge is 0.0973 e. The van der Waals surface area contributed by atoms with E-state index in [0.29, 0.717) is 12.1 Å². The molecule has 15 heavy (non-hydrogen) atoms. The van der Waals surface area contributed by atoms with Crippen LogP contribution in [0.2, 0.25) is 0 Å². The van der Waals surface area contributed by atoms with Gasteiger partial charge in [0.25, 0.3) is 0 Å². The molecule has 0 aromatic rings. The Bertz CT molecular complexity index is 187. The minimum Gasteiger partial charge on any atom is -0.394 e. The summed E-state index contributed by atoms with van der Waals surface area (Å²) in [6.07, 6.45) is -0.0371. The summed E-state index contributed by atoms with van der Waals surface area (Å²) in [6.45, 7) is 7.09. The lowest BCUT2D eigenvalue weighted by Crippen LogP contribution is -2.56. The number of aliphatic hydroxyl groups is 1. The fourth-order valence-electron chi connectivity index (χ4n) is 1.85. The molecule has 90 valence electrons. The largest absolute Gasteiger partial charge is 0.394 e. The molecule has 0 aromatic carbocycles. The van der Waals surface area contributed by atoms with E-state index in [0.717, 1.165) is 19.7 Å². The van der Waals surface area contributed by atoms with Gasteiger partial charge in [-0.2, -0.15) is 0 Å². The van der Waals surface area contributed by atoms with Crippen molar-refractivity contribution < 1.29 is 9.84 Å². The molecular formula is C11H24N2O2. The summed E-state index contributed by atoms with van der Waals surface area (Å²) in [5.41, 5.74) is 0. The minimum absolute atomic E-state index is 0.0371. The van der Waals surface area contributed by atoms with Crippen molar-refractivity contribution in [1.29, 1.82) is 0 Å². The van der Waals surface area contributed by atoms with Crippen LogP contribution in [-0.4, -0.2) is 73.5 Å². The summed E-state index contributed by atoms with van der Waals surface area (Å²) in [7, 11) is 4.21. The first-order valence-electron chi connectivity index (χ1n) is 5.69. The molecule has 0 spiro atoms. The van der Waals surface area contributed by atoms with Crippen molar-refractivity contribution in [2.75, 3.05) is 40.4 Å². The van der Waals surface area contributed by atoms with Crippen molar-refractivity contribution in [2.24, 2.45) is 0 Å². The summed E-state index contributed by atoms with van der Waals surface area (Å²) >= 11 is 0. The second kappa shape index (κ2) is 5.80. The van der Waals surface area contributed by atoms with E-state index in [1.54, 1.807) is 0 Å². The molecule has 0 aromatic heterocycles. The van der Waals surface area contributed by atoms with Crippen LogP contribution in [0, 0.1) is 0 Å². The lowest BCUT2D eigenvalue weighted by Gasteiger charge is -2.41. The van der Waals surface area contributed by atoms with E-state index in [1.165, 1.54) is 0 Å². The van der Waals surface area contributed by atoms with Crippen LogP contribution >= 0.6 is 0 Å². The Labute approximate surface area is 92.8 Å². The molecular weight excluding hydrogens is 192 g/mol. The molecule has 4 heteroatoms. The molecule has 0 bridgehead atoms. The van der Waals surface area contributed by atoms with E-state index < -0.39 is 0 Å². The maximum absolute atomic E-state index is 9.26. The fourth-order valence-corrected chi connectivity index (χ4v) is 1.85. The van der Waals surface area contributed by atoms with Crippen molar-refractivity contribution in [3.63, 3.8) is 0 Å². The highest BCUT2D eigenvalue weighted by molar-refractivity contribution is 4.84. The topological polar surface area (TPSA) is 35.9 Å². The molecule has 4 nitrogen and oxygen atoms in total. The molecule has 1 aliphatic rings. The van der Waals surface area contributed by atoms with E-state index in [9.17, 15) is 5.11 Å². The number of hydrogen-bond acceptors (Lipinski definition) is 4. The standard InChI is InChI=1S/C11H24N2O2/c1-9(2)13(4)7-10-11(8-14)15-6-5-12(10)3/h9-11,14H,5-8H2,1-4H3. The molecule has 1 N–H and O–H groups in total. The summed E-state index contributed by atoms with van der Waals surface area (Å²) in [6, 6.07) is 0.829. The van der Waals surface area contributed by atoms with Gasteiger partial charge in [0, 0.05) is 19.1 Å². The van der Waals surface area contributed by atoms with Gasteiger partial charge in [-0.1, -0.05) is 0 Å². The summed E-state index contributed by atoms with van der Waals surface area (Å²) in [4.78, 5) is 4.57. The number of ether oxygens (including phenoxy) is 1. The summed E-state index contributed by atoms with van der Waals surface area (Å²) < 4.78 is 5.57. The molecule has 1 saturated heterocycles. The lowest BCUT2D eigenvalue weighted by molar-refractivity contribution is -0.0905. The number of likely N-dealkylation sites (N-methyl/N-ethyl adjacent to an activating group) is 2. The van der Waals surface area contributed by atoms with Crippen LogP contribution in [0.4, 0.5) is 0 Å². The Morgan fingerprint density at radius 1 is 1.53 bits per heavy atom. The summed E-state index contributed by atoms with van der Waals surface area (Å²) in [5.74, 6) is 0. The van der Waals surface area contributed by atoms with Gasteiger partial charge in [0.05, 0.1) is 25.4 Å². The third kappa shape index (κ3) is 3.41. The maximum atomic E-state index is 9.26. The maximum Gasteiger partial charge on any atom is 0.0973 e. The summed E-state index contributed by atoms with van der Waals surface area (Å²) in [5, 5.41) is 9.26. The second-order valence-corrected chi connectivity index (χ2v) is 4.67. The van der Waals surface area contributed by atoms with Gasteiger partial charge in [-0.05, 0) is 27.9 Å². The number of aliphatic hydroxyl groups excluding tert-OH is 1. The van der Waals surface area contributed by atoms with Crippen molar-refractivity contribution in [3.8, 4) is 0 Å². The van der Waals surface area contributed by atoms with Crippen LogP contribution < -0.4 is 0 Å². The van der Waals surface area contributed by atoms with E-state index in [1.807, 2.05) is 0 Å². The zero-order chi connectivity index (χ0) is 11.4. The molecule has 0 aliphatic carbocycles. The third-order valence-corrected chi connectivity index (χ3v) is 3.31. The first-order valence-corrected chi connectivity index (χ1v) is 5.69. The highest BCUT2D eigenvalue weighted by atomic mass is 16.5. The van der Waals surface area contributed by atoms with Gasteiger partial charge >= 0.3 is 0 Å². The molecule has 2 unspecified atom stereocenters. The van der Waals surface area contributed by atoms with Crippen molar-refractivity contribution in [3.05, 3.63) is 0 Å². The van der Waals surface area contributed by atoms with Gasteiger partial charge in [-0.15, -0.1) is 0 Å². The van der Waals surface area contributed by atoms with Gasteiger partial charge in [0.2, 0.25) is 0 Å². The Balaban J connectivity index is 2.54. The molecule has 1 fully saturated rings. The zero-order valence-electron chi connectivity index (χ0n) is 10.3. The van der Waals surface area contributed by atoms with Crippen LogP contribution in [0.25, 0.3) is 0 Å². The Kier molecular flexibility index (Phi) is 4.99. The number of hydrogen-bond donors (Lipinski definition) is 1. The van der Waals surface area contributed by atoms with E-state index in [4.69, 9.17) is 4.74 Å². The molecule has 0 saturated carbocycles. The van der Waals surface area contributed by atoms with E-state index >= 15 is 0 Å². The van der Waals surface area contributed by atoms with Crippen LogP contribution in [-0.2, 0) is 4.74 Å². The van der Waals surface area contributed by atoms with E-state index in [2.05, 4.69) is 37.7 Å². The predicted molar refractivity (Wildman–Crippen MR) is 61.0 cm³/mol. The first-order chi connectivity index (χ1) is 7.06. The zero-order valence-corrected chi connectivity index (χ0v) is 10.3. The van der Waals surface area contributed by atoms with Gasteiger partial charge in [-0.25, -0.2) is 0 Å². The number of rotatable bonds is 4. The van der Waals surface area contributed by atoms with Gasteiger partial charge in [-0.3, -0.25) is 4.90 Å². The highest BCUT2D eigenvalue weighted by Gasteiger charge is 2.30. The highest BCUT2D eigenvalue weighted by Crippen LogP contribution is 2.14. The van der Waals surface area contributed by atoms with Gasteiger partial charge in [0.1, 0.15) is 0 Å². The Morgan fingerprint density at radius 2 is 2.20 bits per heavy atom. The predicted octanol–water partition coefficient (Wildman–Crippen LogP) is 0.0181. The van der Waals surface area contributed by atoms with Crippen molar-refractivity contribution in [1.82, 2.24) is 9.80 Å². The number of nitrogens with zero attached hydrogens (tertiary/aromatic N) is 2. The number of morpholine rings is 1. The normalized spacial score (nSPS) is 29.0. The van der Waals surface area contributed by atoms with Gasteiger partial charge in [0.15, 0.2) is 0 Å². The average Bonchev–Trinajstić information content (AvgIpc) is 2.20. The quantitative estimate of drug-likeness (QED) is 0.718. The molecule has 1 aliphatic heterocycles. The van der Waals surface area contributed by atoms with Crippen LogP contribution in [0.5, 0.6) is 0 Å². The minimum atomic E-state index is -0.0371. The monoisotopic (exact) mass is 216 g/mol. The SMILES string of the molecule is CC(C)N(C)CC1C(CO)OCCN1C. The van der Waals surface area contributed by atoms with Crippen LogP contribution in [0.3, 0.4) is 0 Å². The lowest BCUT2D eigenvalue weighted by atomic mass is 10.1. The average molecular weight is 216 g/mol. The molecule has 1 rings (SSSR count). The third-order valence-electron chi connectivity index (χ3n) is 3.31. The Morgan fingerprint density at radius 3 is 2.73 bits per heavy atom. The van der Waals surface area contributed by atoms with Crippen LogP contribution in [0.1, 0.15) is 13.8 Å². The fraction of sp³-hybridized carbons (Fsp3) is 1.00. The van der Waals surface area contributed by atoms with E-state index in [-0.39, 0.29) is 12.7 Å². The second-order valence-electron chi connectivity index (χ2n) is 4.67. The molecule has 2 atom stereocenters. The van der Waals surface area contributed by atoms with Crippen molar-refractivity contribution >= 4 is 0 Å². The van der Waals surface area contributed by atoms with Gasteiger partial charge < -0.3 is 14.7 Å². The molecule has 1 heterocycles. The Hall–Kier alpha value is -0.160. The molecule has 0 amide bonds.